The van der Waals surface area contributed by atoms with Crippen molar-refractivity contribution >= 4 is 38.9 Å². The monoisotopic (exact) mass is 334 g/mol. The van der Waals surface area contributed by atoms with E-state index in [0.717, 1.165) is 17.3 Å². The van der Waals surface area contributed by atoms with E-state index in [1.807, 2.05) is 25.0 Å². The number of hydrogen-bond donors (Lipinski definition) is 1. The lowest BCUT2D eigenvalue weighted by Gasteiger charge is -2.03. The Morgan fingerprint density at radius 1 is 1.59 bits per heavy atom. The largest absolute Gasteiger partial charge is 0.304 e. The number of nitrogens with one attached hydrogen (secondary N) is 1. The molecule has 3 heterocycles. The molecule has 0 spiro atoms. The quantitative estimate of drug-likeness (QED) is 0.667. The average molecular weight is 334 g/mol. The number of aromatic nitrogens is 3. The molecule has 0 radical (unpaired) electrons. The van der Waals surface area contributed by atoms with Crippen LogP contribution in [0.2, 0.25) is 0 Å². The summed E-state index contributed by atoms with van der Waals surface area (Å²) in [6.45, 7) is 4.66. The van der Waals surface area contributed by atoms with Crippen LogP contribution in [0.3, 0.4) is 0 Å². The molecule has 0 aromatic carbocycles. The van der Waals surface area contributed by atoms with Crippen LogP contribution in [-0.2, 0) is 4.79 Å². The molecular formula is C14H18N5OP2+. The minimum absolute atomic E-state index is 0.0126. The Labute approximate surface area is 131 Å². The Kier molecular flexibility index (Phi) is 4.34. The lowest BCUT2D eigenvalue weighted by Crippen LogP contribution is -2.23. The van der Waals surface area contributed by atoms with E-state index < -0.39 is 7.55 Å². The Morgan fingerprint density at radius 3 is 2.95 bits per heavy atom. The zero-order valence-electron chi connectivity index (χ0n) is 12.6. The van der Waals surface area contributed by atoms with E-state index in [9.17, 15) is 4.79 Å². The first kappa shape index (κ1) is 15.3. The van der Waals surface area contributed by atoms with E-state index in [4.69, 9.17) is 0 Å². The zero-order chi connectivity index (χ0) is 15.7. The number of rotatable bonds is 5. The van der Waals surface area contributed by atoms with Crippen LogP contribution in [0.4, 0.5) is 5.82 Å². The van der Waals surface area contributed by atoms with Crippen LogP contribution in [0.1, 0.15) is 0 Å². The summed E-state index contributed by atoms with van der Waals surface area (Å²) in [4.78, 5) is 16.2. The molecule has 1 amide bonds. The van der Waals surface area contributed by atoms with Crippen molar-refractivity contribution in [1.82, 2.24) is 19.4 Å². The van der Waals surface area contributed by atoms with Crippen LogP contribution in [-0.4, -0.2) is 57.8 Å². The van der Waals surface area contributed by atoms with Gasteiger partial charge in [-0.05, 0) is 26.9 Å². The molecule has 1 fully saturated rings. The first-order chi connectivity index (χ1) is 10.5. The van der Waals surface area contributed by atoms with Crippen LogP contribution in [0.5, 0.6) is 0 Å². The summed E-state index contributed by atoms with van der Waals surface area (Å²) in [5.74, 6) is 0.598. The minimum Gasteiger partial charge on any atom is -0.304 e. The van der Waals surface area contributed by atoms with Crippen LogP contribution in [0, 0.1) is 0 Å². The number of amides is 1. The van der Waals surface area contributed by atoms with Crippen LogP contribution in [0.25, 0.3) is 5.69 Å². The molecule has 3 unspecified atom stereocenters. The van der Waals surface area contributed by atoms with Crippen LogP contribution in [0.15, 0.2) is 30.7 Å². The number of anilines is 1. The van der Waals surface area contributed by atoms with Gasteiger partial charge in [0.25, 0.3) is 0 Å². The van der Waals surface area contributed by atoms with Crippen molar-refractivity contribution in [2.24, 2.45) is 0 Å². The lowest BCUT2D eigenvalue weighted by atomic mass is 10.4. The van der Waals surface area contributed by atoms with E-state index >= 15 is 0 Å². The normalized spacial score (nSPS) is 20.5. The molecule has 22 heavy (non-hydrogen) atoms. The zero-order valence-corrected chi connectivity index (χ0v) is 14.4. The maximum absolute atomic E-state index is 12.1. The van der Waals surface area contributed by atoms with E-state index in [2.05, 4.69) is 33.0 Å². The van der Waals surface area contributed by atoms with Crippen molar-refractivity contribution < 1.29 is 4.79 Å². The molecule has 0 bridgehead atoms. The van der Waals surface area contributed by atoms with E-state index in [1.54, 1.807) is 17.1 Å². The van der Waals surface area contributed by atoms with Gasteiger partial charge in [-0.1, -0.05) is 0 Å². The van der Waals surface area contributed by atoms with Crippen molar-refractivity contribution in [3.05, 3.63) is 30.7 Å². The van der Waals surface area contributed by atoms with Crippen molar-refractivity contribution in [3.63, 3.8) is 0 Å². The highest BCUT2D eigenvalue weighted by atomic mass is 31.1. The molecule has 1 aliphatic heterocycles. The third-order valence-electron chi connectivity index (χ3n) is 3.37. The molecule has 1 N–H and O–H groups in total. The number of carbonyl (C=O) groups excluding carboxylic acids is 1. The Balaban J connectivity index is 1.81. The van der Waals surface area contributed by atoms with Gasteiger partial charge in [0.2, 0.25) is 17.0 Å². The predicted molar refractivity (Wildman–Crippen MR) is 94.0 cm³/mol. The summed E-state index contributed by atoms with van der Waals surface area (Å²) in [7, 11) is -0.670. The molecule has 0 saturated carbocycles. The van der Waals surface area contributed by atoms with E-state index in [1.165, 1.54) is 0 Å². The molecule has 8 heteroatoms. The second-order valence-corrected chi connectivity index (χ2v) is 9.27. The molecule has 114 valence electrons. The fraction of sp³-hybridized carbons (Fsp3) is 0.286. The molecule has 2 aromatic heterocycles. The lowest BCUT2D eigenvalue weighted by molar-refractivity contribution is -0.116. The molecule has 3 atom stereocenters. The molecule has 3 rings (SSSR count). The predicted octanol–water partition coefficient (Wildman–Crippen LogP) is 1.67. The summed E-state index contributed by atoms with van der Waals surface area (Å²) in [6.07, 6.45) is 10.5. The molecule has 1 aliphatic rings. The summed E-state index contributed by atoms with van der Waals surface area (Å²) in [6, 6.07) is 3.79. The smallest absolute Gasteiger partial charge is 0.240 e. The van der Waals surface area contributed by atoms with Crippen molar-refractivity contribution in [2.75, 3.05) is 31.5 Å². The first-order valence-corrected chi connectivity index (χ1v) is 10.7. The van der Waals surface area contributed by atoms with Gasteiger partial charge in [-0.3, -0.25) is 14.4 Å². The van der Waals surface area contributed by atoms with Gasteiger partial charge in [-0.15, -0.1) is 5.10 Å². The maximum Gasteiger partial charge on any atom is 0.240 e. The fourth-order valence-corrected chi connectivity index (χ4v) is 4.10. The van der Waals surface area contributed by atoms with Crippen LogP contribution >= 0.6 is 15.6 Å². The standard InChI is InChI=1S/C14H17N5OP2/c1-21(2)12-8-19(11-5-4-6-15-7-11)17-14(12)16-13(20)9-18-10-22(18)3/h4-8H,1,9-10H2,2-3H3/p+1. The van der Waals surface area contributed by atoms with Crippen molar-refractivity contribution in [2.45, 2.75) is 0 Å². The van der Waals surface area contributed by atoms with Gasteiger partial charge in [-0.2, -0.15) is 0 Å². The van der Waals surface area contributed by atoms with E-state index in [0.29, 0.717) is 12.4 Å². The SMILES string of the molecule is C=[P+](C)c1cn(-c2cccnc2)nc1NC(=O)CN1CP1C. The highest BCUT2D eigenvalue weighted by Gasteiger charge is 2.31. The molecule has 6 nitrogen and oxygen atoms in total. The second kappa shape index (κ2) is 6.25. The van der Waals surface area contributed by atoms with Gasteiger partial charge in [-0.25, -0.2) is 4.68 Å². The van der Waals surface area contributed by atoms with E-state index in [-0.39, 0.29) is 14.0 Å². The van der Waals surface area contributed by atoms with Gasteiger partial charge in [0.1, 0.15) is 14.2 Å². The third-order valence-corrected chi connectivity index (χ3v) is 6.19. The summed E-state index contributed by atoms with van der Waals surface area (Å²) in [5.41, 5.74) is 0.865. The average Bonchev–Trinajstić information content (AvgIpc) is 3.01. The number of hydrogen-bond acceptors (Lipinski definition) is 4. The Morgan fingerprint density at radius 2 is 2.36 bits per heavy atom. The molecule has 1 saturated heterocycles. The number of nitrogens with zero attached hydrogens (tertiary/aromatic N) is 4. The summed E-state index contributed by atoms with van der Waals surface area (Å²) in [5, 5.41) is 8.41. The molecular weight excluding hydrogens is 316 g/mol. The van der Waals surface area contributed by atoms with Crippen molar-refractivity contribution in [1.29, 1.82) is 0 Å². The van der Waals surface area contributed by atoms with Gasteiger partial charge in [0.05, 0.1) is 30.9 Å². The third kappa shape index (κ3) is 3.41. The topological polar surface area (TPSA) is 62.8 Å². The maximum atomic E-state index is 12.1. The second-order valence-electron chi connectivity index (χ2n) is 5.23. The highest BCUT2D eigenvalue weighted by Crippen LogP contribution is 2.52. The molecule has 0 aliphatic carbocycles. The van der Waals surface area contributed by atoms with Gasteiger partial charge >= 0.3 is 0 Å². The molecule has 2 aromatic rings. The fourth-order valence-electron chi connectivity index (χ4n) is 2.07. The van der Waals surface area contributed by atoms with Gasteiger partial charge in [0.15, 0.2) is 0 Å². The van der Waals surface area contributed by atoms with Crippen molar-refractivity contribution in [3.8, 4) is 5.69 Å². The Bertz CT molecular complexity index is 715. The summed E-state index contributed by atoms with van der Waals surface area (Å²) >= 11 is 0. The number of pyridine rings is 1. The minimum atomic E-state index is -0.608. The Hall–Kier alpha value is -1.61. The van der Waals surface area contributed by atoms with Crippen LogP contribution < -0.4 is 10.6 Å². The first-order valence-electron chi connectivity index (χ1n) is 6.85. The summed E-state index contributed by atoms with van der Waals surface area (Å²) < 4.78 is 3.91. The highest BCUT2D eigenvalue weighted by molar-refractivity contribution is 7.63. The van der Waals surface area contributed by atoms with Gasteiger partial charge in [0, 0.05) is 12.5 Å². The number of carbonyl (C=O) groups is 1. The van der Waals surface area contributed by atoms with Gasteiger partial charge < -0.3 is 5.32 Å².